The van der Waals surface area contributed by atoms with Gasteiger partial charge in [-0.1, -0.05) is 6.07 Å². The van der Waals surface area contributed by atoms with Gasteiger partial charge in [0.1, 0.15) is 5.82 Å². The predicted octanol–water partition coefficient (Wildman–Crippen LogP) is 1.09. The highest BCUT2D eigenvalue weighted by Crippen LogP contribution is 2.09. The lowest BCUT2D eigenvalue weighted by molar-refractivity contribution is -0.121. The van der Waals surface area contributed by atoms with E-state index in [-0.39, 0.29) is 5.91 Å². The number of aromatic nitrogens is 1. The predicted molar refractivity (Wildman–Crippen MR) is 84.1 cm³/mol. The average Bonchev–Trinajstić information content (AvgIpc) is 2.49. The smallest absolute Gasteiger partial charge is 0.221 e. The number of nitrogens with one attached hydrogen (secondary N) is 3. The number of thioether (sulfide) groups is 1. The monoisotopic (exact) mass is 294 g/mol. The van der Waals surface area contributed by atoms with Gasteiger partial charge in [-0.25, -0.2) is 4.98 Å². The lowest BCUT2D eigenvalue weighted by Crippen LogP contribution is -2.41. The fourth-order valence-electron chi connectivity index (χ4n) is 2.05. The van der Waals surface area contributed by atoms with E-state index in [1.165, 1.54) is 0 Å². The summed E-state index contributed by atoms with van der Waals surface area (Å²) in [7, 11) is 0. The Labute approximate surface area is 124 Å². The molecule has 2 rings (SSSR count). The van der Waals surface area contributed by atoms with Crippen LogP contribution in [0.5, 0.6) is 0 Å². The van der Waals surface area contributed by atoms with Gasteiger partial charge in [-0.05, 0) is 18.6 Å². The molecule has 1 aliphatic rings. The number of amides is 1. The van der Waals surface area contributed by atoms with Gasteiger partial charge in [-0.3, -0.25) is 4.79 Å². The van der Waals surface area contributed by atoms with E-state index in [0.29, 0.717) is 19.0 Å². The normalized spacial score (nSPS) is 18.5. The average molecular weight is 294 g/mol. The maximum atomic E-state index is 11.8. The Morgan fingerprint density at radius 1 is 1.45 bits per heavy atom. The zero-order valence-electron chi connectivity index (χ0n) is 11.6. The molecule has 1 unspecified atom stereocenters. The fraction of sp³-hybridized carbons (Fsp3) is 0.571. The second-order valence-corrected chi connectivity index (χ2v) is 5.93. The van der Waals surface area contributed by atoms with E-state index < -0.39 is 0 Å². The molecule has 110 valence electrons. The Morgan fingerprint density at radius 3 is 3.15 bits per heavy atom. The van der Waals surface area contributed by atoms with E-state index in [4.69, 9.17) is 0 Å². The van der Waals surface area contributed by atoms with Crippen molar-refractivity contribution in [3.05, 3.63) is 24.4 Å². The Balaban J connectivity index is 1.51. The van der Waals surface area contributed by atoms with Gasteiger partial charge in [0.25, 0.3) is 0 Å². The molecule has 1 aromatic rings. The first-order valence-electron chi connectivity index (χ1n) is 7.07. The summed E-state index contributed by atoms with van der Waals surface area (Å²) >= 11 is 1.92. The Kier molecular flexibility index (Phi) is 6.66. The first-order chi connectivity index (χ1) is 9.84. The third kappa shape index (κ3) is 5.79. The SMILES string of the molecule is O=C(CC1CSCCN1)NCCCNc1ccccn1. The van der Waals surface area contributed by atoms with Crippen molar-refractivity contribution in [2.24, 2.45) is 0 Å². The summed E-state index contributed by atoms with van der Waals surface area (Å²) < 4.78 is 0. The molecule has 1 amide bonds. The highest BCUT2D eigenvalue weighted by Gasteiger charge is 2.15. The minimum Gasteiger partial charge on any atom is -0.370 e. The summed E-state index contributed by atoms with van der Waals surface area (Å²) in [6.45, 7) is 2.53. The molecule has 1 saturated heterocycles. The Hall–Kier alpha value is -1.27. The lowest BCUT2D eigenvalue weighted by atomic mass is 10.2. The Morgan fingerprint density at radius 2 is 2.40 bits per heavy atom. The molecule has 0 aromatic carbocycles. The first-order valence-corrected chi connectivity index (χ1v) is 8.23. The van der Waals surface area contributed by atoms with E-state index in [1.54, 1.807) is 6.20 Å². The van der Waals surface area contributed by atoms with Crippen LogP contribution in [0.4, 0.5) is 5.82 Å². The maximum absolute atomic E-state index is 11.8. The highest BCUT2D eigenvalue weighted by atomic mass is 32.2. The molecule has 5 nitrogen and oxygen atoms in total. The van der Waals surface area contributed by atoms with Crippen LogP contribution in [0.1, 0.15) is 12.8 Å². The first kappa shape index (κ1) is 15.1. The lowest BCUT2D eigenvalue weighted by Gasteiger charge is -2.22. The van der Waals surface area contributed by atoms with Crippen molar-refractivity contribution in [1.82, 2.24) is 15.6 Å². The van der Waals surface area contributed by atoms with Crippen LogP contribution < -0.4 is 16.0 Å². The quantitative estimate of drug-likeness (QED) is 0.657. The van der Waals surface area contributed by atoms with Crippen molar-refractivity contribution in [2.45, 2.75) is 18.9 Å². The van der Waals surface area contributed by atoms with E-state index in [9.17, 15) is 4.79 Å². The van der Waals surface area contributed by atoms with Gasteiger partial charge in [-0.2, -0.15) is 11.8 Å². The van der Waals surface area contributed by atoms with Crippen molar-refractivity contribution in [3.8, 4) is 0 Å². The van der Waals surface area contributed by atoms with E-state index >= 15 is 0 Å². The molecule has 0 saturated carbocycles. The molecule has 0 radical (unpaired) electrons. The molecule has 1 fully saturated rings. The summed E-state index contributed by atoms with van der Waals surface area (Å²) in [5.41, 5.74) is 0. The van der Waals surface area contributed by atoms with Crippen LogP contribution in [0.25, 0.3) is 0 Å². The number of hydrogen-bond acceptors (Lipinski definition) is 5. The number of hydrogen-bond donors (Lipinski definition) is 3. The molecule has 3 N–H and O–H groups in total. The van der Waals surface area contributed by atoms with Crippen LogP contribution in [0.3, 0.4) is 0 Å². The van der Waals surface area contributed by atoms with E-state index in [0.717, 1.165) is 36.8 Å². The second-order valence-electron chi connectivity index (χ2n) is 4.78. The van der Waals surface area contributed by atoms with Crippen LogP contribution in [0.2, 0.25) is 0 Å². The topological polar surface area (TPSA) is 66.1 Å². The van der Waals surface area contributed by atoms with Crippen molar-refractivity contribution in [2.75, 3.05) is 36.5 Å². The molecule has 0 bridgehead atoms. The molecule has 0 aliphatic carbocycles. The van der Waals surface area contributed by atoms with Gasteiger partial charge in [0.15, 0.2) is 0 Å². The summed E-state index contributed by atoms with van der Waals surface area (Å²) in [5, 5.41) is 9.56. The zero-order chi connectivity index (χ0) is 14.0. The third-order valence-corrected chi connectivity index (χ3v) is 4.21. The number of rotatable bonds is 7. The number of pyridine rings is 1. The molecular weight excluding hydrogens is 272 g/mol. The van der Waals surface area contributed by atoms with Crippen LogP contribution in [0, 0.1) is 0 Å². The minimum atomic E-state index is 0.142. The van der Waals surface area contributed by atoms with Gasteiger partial charge < -0.3 is 16.0 Å². The molecular formula is C14H22N4OS. The van der Waals surface area contributed by atoms with Crippen molar-refractivity contribution in [3.63, 3.8) is 0 Å². The number of nitrogens with zero attached hydrogens (tertiary/aromatic N) is 1. The standard InChI is InChI=1S/C14H22N4OS/c19-14(10-12-11-20-9-8-15-12)18-7-3-6-17-13-4-1-2-5-16-13/h1-2,4-5,12,15H,3,6-11H2,(H,16,17)(H,18,19). The molecule has 0 spiro atoms. The number of carbonyl (C=O) groups excluding carboxylic acids is 1. The van der Waals surface area contributed by atoms with Gasteiger partial charge in [-0.15, -0.1) is 0 Å². The largest absolute Gasteiger partial charge is 0.370 e. The Bertz CT molecular complexity index is 395. The summed E-state index contributed by atoms with van der Waals surface area (Å²) in [6.07, 6.45) is 3.25. The van der Waals surface area contributed by atoms with Crippen LogP contribution in [0.15, 0.2) is 24.4 Å². The van der Waals surface area contributed by atoms with Crippen molar-refractivity contribution >= 4 is 23.5 Å². The van der Waals surface area contributed by atoms with Crippen LogP contribution in [-0.4, -0.2) is 48.1 Å². The van der Waals surface area contributed by atoms with Gasteiger partial charge >= 0.3 is 0 Å². The molecule has 1 aromatic heterocycles. The van der Waals surface area contributed by atoms with Crippen LogP contribution in [-0.2, 0) is 4.79 Å². The van der Waals surface area contributed by atoms with Gasteiger partial charge in [0.2, 0.25) is 5.91 Å². The molecule has 1 atom stereocenters. The summed E-state index contributed by atoms with van der Waals surface area (Å²) in [4.78, 5) is 15.9. The van der Waals surface area contributed by atoms with Crippen LogP contribution >= 0.6 is 11.8 Å². The maximum Gasteiger partial charge on any atom is 0.221 e. The van der Waals surface area contributed by atoms with Crippen molar-refractivity contribution < 1.29 is 4.79 Å². The minimum absolute atomic E-state index is 0.142. The molecule has 20 heavy (non-hydrogen) atoms. The van der Waals surface area contributed by atoms with Gasteiger partial charge in [0.05, 0.1) is 0 Å². The van der Waals surface area contributed by atoms with Crippen molar-refractivity contribution in [1.29, 1.82) is 0 Å². The molecule has 1 aliphatic heterocycles. The molecule has 6 heteroatoms. The summed E-state index contributed by atoms with van der Waals surface area (Å²) in [6, 6.07) is 6.11. The number of carbonyl (C=O) groups is 1. The fourth-order valence-corrected chi connectivity index (χ4v) is 3.00. The van der Waals surface area contributed by atoms with Gasteiger partial charge in [0, 0.05) is 49.8 Å². The summed E-state index contributed by atoms with van der Waals surface area (Å²) in [5.74, 6) is 3.21. The third-order valence-electron chi connectivity index (χ3n) is 3.08. The number of anilines is 1. The van der Waals surface area contributed by atoms with E-state index in [2.05, 4.69) is 20.9 Å². The zero-order valence-corrected chi connectivity index (χ0v) is 12.4. The second kappa shape index (κ2) is 8.81. The highest BCUT2D eigenvalue weighted by molar-refractivity contribution is 7.99. The molecule has 2 heterocycles. The van der Waals surface area contributed by atoms with E-state index in [1.807, 2.05) is 30.0 Å².